The maximum atomic E-state index is 11.7. The monoisotopic (exact) mass is 256 g/mol. The minimum absolute atomic E-state index is 0.00384. The molecule has 0 aliphatic carbocycles. The van der Waals surface area contributed by atoms with Crippen molar-refractivity contribution in [1.29, 1.82) is 0 Å². The van der Waals surface area contributed by atoms with Gasteiger partial charge in [0.2, 0.25) is 11.8 Å². The summed E-state index contributed by atoms with van der Waals surface area (Å²) in [5.41, 5.74) is 10.5. The molecule has 6 heteroatoms. The number of piperidine rings is 1. The van der Waals surface area contributed by atoms with Gasteiger partial charge in [0.15, 0.2) is 0 Å². The van der Waals surface area contributed by atoms with Crippen LogP contribution < -0.4 is 16.8 Å². The molecule has 0 aromatic rings. The fraction of sp³-hybridized carbons (Fsp3) is 0.833. The van der Waals surface area contributed by atoms with E-state index >= 15 is 0 Å². The lowest BCUT2D eigenvalue weighted by molar-refractivity contribution is -0.123. The first-order chi connectivity index (χ1) is 8.26. The number of rotatable bonds is 5. The van der Waals surface area contributed by atoms with E-state index in [2.05, 4.69) is 5.32 Å². The Morgan fingerprint density at radius 3 is 2.33 bits per heavy atom. The van der Waals surface area contributed by atoms with E-state index in [1.807, 2.05) is 18.7 Å². The Bertz CT molecular complexity index is 304. The summed E-state index contributed by atoms with van der Waals surface area (Å²) in [5, 5.41) is 2.99. The van der Waals surface area contributed by atoms with Crippen molar-refractivity contribution >= 4 is 11.8 Å². The van der Waals surface area contributed by atoms with Crippen LogP contribution in [0.3, 0.4) is 0 Å². The van der Waals surface area contributed by atoms with E-state index in [4.69, 9.17) is 11.5 Å². The summed E-state index contributed by atoms with van der Waals surface area (Å²) in [7, 11) is 0. The molecule has 6 nitrogen and oxygen atoms in total. The van der Waals surface area contributed by atoms with Crippen molar-refractivity contribution in [1.82, 2.24) is 10.2 Å². The highest BCUT2D eigenvalue weighted by Crippen LogP contribution is 2.11. The highest BCUT2D eigenvalue weighted by molar-refractivity contribution is 5.77. The molecule has 1 fully saturated rings. The van der Waals surface area contributed by atoms with Gasteiger partial charge in [-0.25, -0.2) is 0 Å². The number of primary amides is 1. The fourth-order valence-corrected chi connectivity index (χ4v) is 2.15. The summed E-state index contributed by atoms with van der Waals surface area (Å²) in [6, 6.07) is 0.184. The van der Waals surface area contributed by atoms with E-state index in [1.165, 1.54) is 0 Å². The summed E-state index contributed by atoms with van der Waals surface area (Å²) >= 11 is 0. The van der Waals surface area contributed by atoms with Gasteiger partial charge in [-0.2, -0.15) is 0 Å². The summed E-state index contributed by atoms with van der Waals surface area (Å²) in [6.07, 6.45) is 2.03. The quantitative estimate of drug-likeness (QED) is 0.598. The molecule has 0 bridgehead atoms. The standard InChI is InChI=1S/C12H24N4O2/c1-12(2,14)7-11(18)15-9-3-5-16(6-4-9)8-10(13)17/h9H,3-8,14H2,1-2H3,(H2,13,17)(H,15,18). The molecule has 0 aromatic heterocycles. The zero-order valence-electron chi connectivity index (χ0n) is 11.2. The predicted octanol–water partition coefficient (Wildman–Crippen LogP) is -0.820. The van der Waals surface area contributed by atoms with Gasteiger partial charge in [-0.15, -0.1) is 0 Å². The van der Waals surface area contributed by atoms with E-state index in [9.17, 15) is 9.59 Å². The third-order valence-electron chi connectivity index (χ3n) is 2.95. The largest absolute Gasteiger partial charge is 0.369 e. The Morgan fingerprint density at radius 2 is 1.89 bits per heavy atom. The van der Waals surface area contributed by atoms with Gasteiger partial charge < -0.3 is 16.8 Å². The van der Waals surface area contributed by atoms with Crippen LogP contribution >= 0.6 is 0 Å². The molecule has 0 aromatic carbocycles. The molecule has 1 saturated heterocycles. The molecular formula is C12H24N4O2. The average molecular weight is 256 g/mol. The highest BCUT2D eigenvalue weighted by atomic mass is 16.2. The number of hydrogen-bond acceptors (Lipinski definition) is 4. The molecule has 18 heavy (non-hydrogen) atoms. The van der Waals surface area contributed by atoms with Crippen molar-refractivity contribution < 1.29 is 9.59 Å². The highest BCUT2D eigenvalue weighted by Gasteiger charge is 2.23. The first-order valence-corrected chi connectivity index (χ1v) is 6.35. The van der Waals surface area contributed by atoms with Crippen molar-refractivity contribution in [3.63, 3.8) is 0 Å². The zero-order chi connectivity index (χ0) is 13.8. The van der Waals surface area contributed by atoms with Crippen LogP contribution in [0.15, 0.2) is 0 Å². The molecule has 0 spiro atoms. The van der Waals surface area contributed by atoms with Crippen LogP contribution in [0, 0.1) is 0 Å². The number of carbonyl (C=O) groups excluding carboxylic acids is 2. The molecule has 0 saturated carbocycles. The van der Waals surface area contributed by atoms with Crippen LogP contribution in [-0.4, -0.2) is 47.9 Å². The Balaban J connectivity index is 2.27. The number of hydrogen-bond donors (Lipinski definition) is 3. The van der Waals surface area contributed by atoms with Gasteiger partial charge in [0, 0.05) is 31.1 Å². The second-order valence-electron chi connectivity index (χ2n) is 5.75. The number of nitrogens with one attached hydrogen (secondary N) is 1. The number of nitrogens with zero attached hydrogens (tertiary/aromatic N) is 1. The maximum Gasteiger partial charge on any atom is 0.231 e. The Labute approximate surface area is 108 Å². The Kier molecular flexibility index (Phi) is 5.10. The fourth-order valence-electron chi connectivity index (χ4n) is 2.15. The second kappa shape index (κ2) is 6.15. The van der Waals surface area contributed by atoms with Crippen molar-refractivity contribution in [3.8, 4) is 0 Å². The molecule has 0 atom stereocenters. The number of nitrogens with two attached hydrogens (primary N) is 2. The normalized spacial score (nSPS) is 18.6. The van der Waals surface area contributed by atoms with Crippen LogP contribution in [-0.2, 0) is 9.59 Å². The van der Waals surface area contributed by atoms with E-state index in [-0.39, 0.29) is 17.9 Å². The van der Waals surface area contributed by atoms with E-state index < -0.39 is 5.54 Å². The molecule has 2 amide bonds. The van der Waals surface area contributed by atoms with Crippen molar-refractivity contribution in [2.45, 2.75) is 44.7 Å². The smallest absolute Gasteiger partial charge is 0.231 e. The molecule has 5 N–H and O–H groups in total. The second-order valence-corrected chi connectivity index (χ2v) is 5.75. The molecule has 1 aliphatic heterocycles. The molecule has 0 radical (unpaired) electrons. The van der Waals surface area contributed by atoms with Crippen LogP contribution in [0.25, 0.3) is 0 Å². The first-order valence-electron chi connectivity index (χ1n) is 6.35. The minimum atomic E-state index is -0.475. The number of amides is 2. The number of likely N-dealkylation sites (tertiary alicyclic amines) is 1. The zero-order valence-corrected chi connectivity index (χ0v) is 11.2. The van der Waals surface area contributed by atoms with E-state index in [0.717, 1.165) is 25.9 Å². The lowest BCUT2D eigenvalue weighted by Crippen LogP contribution is -2.48. The van der Waals surface area contributed by atoms with Gasteiger partial charge in [-0.3, -0.25) is 14.5 Å². The average Bonchev–Trinajstić information content (AvgIpc) is 2.17. The lowest BCUT2D eigenvalue weighted by Gasteiger charge is -2.32. The lowest BCUT2D eigenvalue weighted by atomic mass is 10.00. The summed E-state index contributed by atoms with van der Waals surface area (Å²) < 4.78 is 0. The Morgan fingerprint density at radius 1 is 1.33 bits per heavy atom. The van der Waals surface area contributed by atoms with Crippen LogP contribution in [0.1, 0.15) is 33.1 Å². The third kappa shape index (κ3) is 5.97. The van der Waals surface area contributed by atoms with Crippen molar-refractivity contribution in [2.24, 2.45) is 11.5 Å². The number of carbonyl (C=O) groups is 2. The van der Waals surface area contributed by atoms with E-state index in [0.29, 0.717) is 13.0 Å². The SMILES string of the molecule is CC(C)(N)CC(=O)NC1CCN(CC(N)=O)CC1. The predicted molar refractivity (Wildman–Crippen MR) is 69.7 cm³/mol. The summed E-state index contributed by atoms with van der Waals surface area (Å²) in [5.74, 6) is -0.307. The van der Waals surface area contributed by atoms with E-state index in [1.54, 1.807) is 0 Å². The van der Waals surface area contributed by atoms with Crippen LogP contribution in [0.2, 0.25) is 0 Å². The van der Waals surface area contributed by atoms with Gasteiger partial charge in [-0.1, -0.05) is 0 Å². The van der Waals surface area contributed by atoms with Crippen molar-refractivity contribution in [2.75, 3.05) is 19.6 Å². The molecule has 1 rings (SSSR count). The third-order valence-corrected chi connectivity index (χ3v) is 2.95. The van der Waals surface area contributed by atoms with Crippen LogP contribution in [0.4, 0.5) is 0 Å². The van der Waals surface area contributed by atoms with Gasteiger partial charge >= 0.3 is 0 Å². The molecule has 1 heterocycles. The summed E-state index contributed by atoms with van der Waals surface area (Å²) in [6.45, 7) is 5.56. The molecular weight excluding hydrogens is 232 g/mol. The van der Waals surface area contributed by atoms with Crippen molar-refractivity contribution in [3.05, 3.63) is 0 Å². The van der Waals surface area contributed by atoms with Gasteiger partial charge in [0.25, 0.3) is 0 Å². The van der Waals surface area contributed by atoms with Gasteiger partial charge in [0.1, 0.15) is 0 Å². The topological polar surface area (TPSA) is 101 Å². The van der Waals surface area contributed by atoms with Crippen LogP contribution in [0.5, 0.6) is 0 Å². The van der Waals surface area contributed by atoms with Gasteiger partial charge in [-0.05, 0) is 26.7 Å². The molecule has 1 aliphatic rings. The molecule has 0 unspecified atom stereocenters. The maximum absolute atomic E-state index is 11.7. The first kappa shape index (κ1) is 14.9. The minimum Gasteiger partial charge on any atom is -0.369 e. The van der Waals surface area contributed by atoms with Gasteiger partial charge in [0.05, 0.1) is 6.54 Å². The Hall–Kier alpha value is -1.14. The molecule has 104 valence electrons. The summed E-state index contributed by atoms with van der Waals surface area (Å²) in [4.78, 5) is 24.5.